The number of carbonyl (C=O) groups excluding carboxylic acids is 1. The molecule has 10 heteroatoms. The average Bonchev–Trinajstić information content (AvgIpc) is 3.32. The third-order valence-electron chi connectivity index (χ3n) is 4.43. The van der Waals surface area contributed by atoms with E-state index in [0.717, 1.165) is 9.87 Å². The highest BCUT2D eigenvalue weighted by Gasteiger charge is 2.30. The van der Waals surface area contributed by atoms with Gasteiger partial charge in [-0.3, -0.25) is 4.79 Å². The Labute approximate surface area is 186 Å². The van der Waals surface area contributed by atoms with Gasteiger partial charge in [0, 0.05) is 12.6 Å². The molecule has 1 amide bonds. The second-order valence-electron chi connectivity index (χ2n) is 6.58. The molecule has 0 spiro atoms. The molecule has 0 aliphatic rings. The van der Waals surface area contributed by atoms with E-state index in [1.54, 1.807) is 36.4 Å². The lowest BCUT2D eigenvalue weighted by atomic mass is 10.2. The van der Waals surface area contributed by atoms with Crippen LogP contribution in [0.15, 0.2) is 81.3 Å². The maximum atomic E-state index is 13.5. The van der Waals surface area contributed by atoms with E-state index in [-0.39, 0.29) is 17.2 Å². The summed E-state index contributed by atoms with van der Waals surface area (Å²) in [4.78, 5) is 12.4. The Balaban J connectivity index is 1.87. The Morgan fingerprint density at radius 3 is 2.53 bits per heavy atom. The first-order valence-electron chi connectivity index (χ1n) is 9.55. The van der Waals surface area contributed by atoms with Crippen LogP contribution in [-0.4, -0.2) is 45.6 Å². The molecule has 0 saturated carbocycles. The minimum atomic E-state index is -4.11. The van der Waals surface area contributed by atoms with Gasteiger partial charge in [-0.25, -0.2) is 13.8 Å². The molecule has 0 fully saturated rings. The normalized spacial score (nSPS) is 11.6. The largest absolute Gasteiger partial charge is 0.497 e. The van der Waals surface area contributed by atoms with E-state index in [0.29, 0.717) is 11.5 Å². The molecule has 0 saturated heterocycles. The van der Waals surface area contributed by atoms with Crippen LogP contribution >= 0.6 is 0 Å². The molecule has 1 aromatic heterocycles. The van der Waals surface area contributed by atoms with Crippen LogP contribution in [-0.2, 0) is 21.4 Å². The molecule has 0 aliphatic heterocycles. The lowest BCUT2D eigenvalue weighted by molar-refractivity contribution is -0.121. The summed E-state index contributed by atoms with van der Waals surface area (Å²) in [5.41, 5.74) is 3.04. The number of sulfonamides is 1. The van der Waals surface area contributed by atoms with Gasteiger partial charge < -0.3 is 13.9 Å². The summed E-state index contributed by atoms with van der Waals surface area (Å²) in [5, 5.41) is 3.80. The molecule has 32 heavy (non-hydrogen) atoms. The van der Waals surface area contributed by atoms with Gasteiger partial charge in [-0.15, -0.1) is 0 Å². The molecule has 1 heterocycles. The van der Waals surface area contributed by atoms with Crippen LogP contribution in [0, 0.1) is 0 Å². The van der Waals surface area contributed by atoms with Gasteiger partial charge in [-0.05, 0) is 29.8 Å². The Kier molecular flexibility index (Phi) is 7.63. The van der Waals surface area contributed by atoms with E-state index in [4.69, 9.17) is 13.9 Å². The summed E-state index contributed by atoms with van der Waals surface area (Å²) >= 11 is 0. The third kappa shape index (κ3) is 5.74. The first-order valence-corrected chi connectivity index (χ1v) is 11.0. The fourth-order valence-electron chi connectivity index (χ4n) is 2.87. The minimum Gasteiger partial charge on any atom is -0.497 e. The van der Waals surface area contributed by atoms with Crippen molar-refractivity contribution in [1.82, 2.24) is 9.73 Å². The maximum Gasteiger partial charge on any atom is 0.255 e. The molecule has 3 rings (SSSR count). The van der Waals surface area contributed by atoms with Crippen LogP contribution in [0.5, 0.6) is 11.5 Å². The van der Waals surface area contributed by atoms with Crippen LogP contribution < -0.4 is 14.9 Å². The number of nitrogens with zero attached hydrogens (tertiary/aromatic N) is 2. The SMILES string of the molecule is COc1ccc(S(=O)(=O)N(CC(=O)N/N=C\c2ccco2)Cc2ccccc2)c(OC)c1. The number of furan rings is 1. The van der Waals surface area contributed by atoms with Crippen molar-refractivity contribution in [3.05, 3.63) is 78.3 Å². The van der Waals surface area contributed by atoms with E-state index in [1.807, 2.05) is 6.07 Å². The summed E-state index contributed by atoms with van der Waals surface area (Å²) in [6.07, 6.45) is 2.79. The number of carbonyl (C=O) groups is 1. The zero-order valence-corrected chi connectivity index (χ0v) is 18.4. The van der Waals surface area contributed by atoms with E-state index in [1.165, 1.54) is 44.9 Å². The van der Waals surface area contributed by atoms with Gasteiger partial charge in [0.15, 0.2) is 0 Å². The number of ether oxygens (including phenoxy) is 2. The monoisotopic (exact) mass is 457 g/mol. The van der Waals surface area contributed by atoms with Crippen molar-refractivity contribution in [3.63, 3.8) is 0 Å². The number of amides is 1. The topological polar surface area (TPSA) is 110 Å². The molecule has 0 radical (unpaired) electrons. The highest BCUT2D eigenvalue weighted by molar-refractivity contribution is 7.89. The minimum absolute atomic E-state index is 0.0202. The molecule has 1 N–H and O–H groups in total. The third-order valence-corrected chi connectivity index (χ3v) is 6.27. The van der Waals surface area contributed by atoms with Crippen molar-refractivity contribution in [3.8, 4) is 11.5 Å². The van der Waals surface area contributed by atoms with Crippen LogP contribution in [0.1, 0.15) is 11.3 Å². The highest BCUT2D eigenvalue weighted by Crippen LogP contribution is 2.31. The van der Waals surface area contributed by atoms with Gasteiger partial charge in [0.1, 0.15) is 22.2 Å². The van der Waals surface area contributed by atoms with Crippen LogP contribution in [0.25, 0.3) is 0 Å². The zero-order valence-electron chi connectivity index (χ0n) is 17.6. The molecule has 168 valence electrons. The Morgan fingerprint density at radius 1 is 1.09 bits per heavy atom. The number of nitrogens with one attached hydrogen (secondary N) is 1. The van der Waals surface area contributed by atoms with Crippen molar-refractivity contribution in [1.29, 1.82) is 0 Å². The fraction of sp³-hybridized carbons (Fsp3) is 0.182. The molecule has 9 nitrogen and oxygen atoms in total. The van der Waals surface area contributed by atoms with Crippen LogP contribution in [0.4, 0.5) is 0 Å². The summed E-state index contributed by atoms with van der Waals surface area (Å²) in [6, 6.07) is 16.7. The molecular weight excluding hydrogens is 434 g/mol. The van der Waals surface area contributed by atoms with Crippen molar-refractivity contribution >= 4 is 22.1 Å². The second-order valence-corrected chi connectivity index (χ2v) is 8.49. The molecule has 0 aliphatic carbocycles. The molecule has 0 unspecified atom stereocenters. The lowest BCUT2D eigenvalue weighted by Crippen LogP contribution is -2.39. The van der Waals surface area contributed by atoms with E-state index >= 15 is 0 Å². The van der Waals surface area contributed by atoms with E-state index < -0.39 is 22.5 Å². The molecule has 3 aromatic rings. The van der Waals surface area contributed by atoms with Crippen molar-refractivity contribution in [2.75, 3.05) is 20.8 Å². The van der Waals surface area contributed by atoms with E-state index in [9.17, 15) is 13.2 Å². The zero-order chi connectivity index (χ0) is 23.0. The molecular formula is C22H23N3O6S. The number of rotatable bonds is 10. The standard InChI is InChI=1S/C22H23N3O6S/c1-29-18-10-11-21(20(13-18)30-2)32(27,28)25(15-17-7-4-3-5-8-17)16-22(26)24-23-14-19-9-6-12-31-19/h3-14H,15-16H2,1-2H3,(H,24,26)/b23-14-. The smallest absolute Gasteiger partial charge is 0.255 e. The van der Waals surface area contributed by atoms with E-state index in [2.05, 4.69) is 10.5 Å². The maximum absolute atomic E-state index is 13.5. The summed E-state index contributed by atoms with van der Waals surface area (Å²) in [6.45, 7) is -0.477. The lowest BCUT2D eigenvalue weighted by Gasteiger charge is -2.22. The predicted octanol–water partition coefficient (Wildman–Crippen LogP) is 2.64. The number of hydrogen-bond acceptors (Lipinski definition) is 7. The van der Waals surface area contributed by atoms with Gasteiger partial charge in [0.2, 0.25) is 10.0 Å². The number of benzene rings is 2. The summed E-state index contributed by atoms with van der Waals surface area (Å²) in [5.74, 6) is 0.390. The Hall–Kier alpha value is -3.63. The summed E-state index contributed by atoms with van der Waals surface area (Å²) in [7, 11) is -1.27. The van der Waals surface area contributed by atoms with Gasteiger partial charge in [-0.1, -0.05) is 30.3 Å². The predicted molar refractivity (Wildman–Crippen MR) is 118 cm³/mol. The quantitative estimate of drug-likeness (QED) is 0.370. The first kappa shape index (κ1) is 23.0. The van der Waals surface area contributed by atoms with Crippen molar-refractivity contribution in [2.24, 2.45) is 5.10 Å². The van der Waals surface area contributed by atoms with Crippen molar-refractivity contribution < 1.29 is 27.1 Å². The van der Waals surface area contributed by atoms with Crippen LogP contribution in [0.3, 0.4) is 0 Å². The molecule has 0 atom stereocenters. The average molecular weight is 458 g/mol. The molecule has 2 aromatic carbocycles. The summed E-state index contributed by atoms with van der Waals surface area (Å²) < 4.78 is 43.5. The van der Waals surface area contributed by atoms with Crippen molar-refractivity contribution in [2.45, 2.75) is 11.4 Å². The van der Waals surface area contributed by atoms with Crippen LogP contribution in [0.2, 0.25) is 0 Å². The number of methoxy groups -OCH3 is 2. The number of hydrogen-bond donors (Lipinski definition) is 1. The second kappa shape index (κ2) is 10.6. The number of hydrazone groups is 1. The van der Waals surface area contributed by atoms with Gasteiger partial charge in [0.25, 0.3) is 5.91 Å². The fourth-order valence-corrected chi connectivity index (χ4v) is 4.39. The Morgan fingerprint density at radius 2 is 1.88 bits per heavy atom. The molecule has 0 bridgehead atoms. The van der Waals surface area contributed by atoms with Gasteiger partial charge in [-0.2, -0.15) is 9.41 Å². The van der Waals surface area contributed by atoms with Gasteiger partial charge in [0.05, 0.1) is 33.2 Å². The van der Waals surface area contributed by atoms with Gasteiger partial charge >= 0.3 is 0 Å². The first-order chi connectivity index (χ1) is 15.4. The Bertz CT molecular complexity index is 1160. The highest BCUT2D eigenvalue weighted by atomic mass is 32.2.